The van der Waals surface area contributed by atoms with Crippen LogP contribution < -0.4 is 11.1 Å². The Morgan fingerprint density at radius 3 is 2.65 bits per heavy atom. The first kappa shape index (κ1) is 18.5. The lowest BCUT2D eigenvalue weighted by molar-refractivity contribution is -0.118. The summed E-state index contributed by atoms with van der Waals surface area (Å²) in [5, 5.41) is 3.43. The summed E-state index contributed by atoms with van der Waals surface area (Å²) in [5.74, 6) is 0.581. The Balaban J connectivity index is 1.72. The Morgan fingerprint density at radius 1 is 1.35 bits per heavy atom. The fourth-order valence-corrected chi connectivity index (χ4v) is 4.02. The van der Waals surface area contributed by atoms with E-state index in [1.165, 1.54) is 0 Å². The van der Waals surface area contributed by atoms with Gasteiger partial charge in [-0.1, -0.05) is 13.8 Å². The van der Waals surface area contributed by atoms with Crippen molar-refractivity contribution in [1.29, 1.82) is 0 Å². The molecule has 1 heterocycles. The fourth-order valence-electron chi connectivity index (χ4n) is 4.02. The van der Waals surface area contributed by atoms with Crippen LogP contribution in [0, 0.1) is 5.41 Å². The minimum Gasteiger partial charge on any atom is -0.381 e. The smallest absolute Gasteiger partial charge is 0.188 e. The maximum atomic E-state index is 6.09. The van der Waals surface area contributed by atoms with Gasteiger partial charge in [-0.2, -0.15) is 0 Å². The van der Waals surface area contributed by atoms with Crippen LogP contribution in [0.5, 0.6) is 0 Å². The van der Waals surface area contributed by atoms with E-state index in [2.05, 4.69) is 29.1 Å². The number of aliphatic imine (C=N–C) groups is 1. The number of morpholine rings is 1. The molecule has 2 aliphatic rings. The molecule has 1 saturated heterocycles. The van der Waals surface area contributed by atoms with Crippen molar-refractivity contribution in [2.24, 2.45) is 16.1 Å². The lowest BCUT2D eigenvalue weighted by Gasteiger charge is -2.55. The van der Waals surface area contributed by atoms with Gasteiger partial charge in [0.15, 0.2) is 5.96 Å². The van der Waals surface area contributed by atoms with Crippen LogP contribution in [-0.4, -0.2) is 69.5 Å². The summed E-state index contributed by atoms with van der Waals surface area (Å²) >= 11 is 0. The zero-order valence-corrected chi connectivity index (χ0v) is 15.0. The lowest BCUT2D eigenvalue weighted by Crippen LogP contribution is -2.65. The Kier molecular flexibility index (Phi) is 7.11. The SMILES string of the molecule is CCC1(CC)C(NC(N)=NCCCN2CCOCC2)CC1OC. The number of nitrogens with zero attached hydrogens (tertiary/aromatic N) is 2. The Morgan fingerprint density at radius 2 is 2.04 bits per heavy atom. The number of nitrogens with two attached hydrogens (primary N) is 1. The molecule has 0 spiro atoms. The van der Waals surface area contributed by atoms with Crippen molar-refractivity contribution < 1.29 is 9.47 Å². The molecule has 2 rings (SSSR count). The van der Waals surface area contributed by atoms with Gasteiger partial charge in [-0.25, -0.2) is 0 Å². The monoisotopic (exact) mass is 326 g/mol. The van der Waals surface area contributed by atoms with Crippen molar-refractivity contribution in [3.8, 4) is 0 Å². The molecular formula is C17H34N4O2. The highest BCUT2D eigenvalue weighted by Gasteiger charge is 2.53. The van der Waals surface area contributed by atoms with Gasteiger partial charge in [0.2, 0.25) is 0 Å². The number of hydrogen-bond acceptors (Lipinski definition) is 4. The Labute approximate surface area is 140 Å². The molecule has 0 aromatic carbocycles. The van der Waals surface area contributed by atoms with Crippen LogP contribution in [0.1, 0.15) is 39.5 Å². The molecule has 134 valence electrons. The van der Waals surface area contributed by atoms with E-state index in [1.807, 2.05) is 7.11 Å². The van der Waals surface area contributed by atoms with Gasteiger partial charge in [0, 0.05) is 44.7 Å². The van der Waals surface area contributed by atoms with Crippen molar-refractivity contribution in [2.45, 2.75) is 51.7 Å². The first-order valence-electron chi connectivity index (χ1n) is 9.05. The van der Waals surface area contributed by atoms with E-state index >= 15 is 0 Å². The van der Waals surface area contributed by atoms with Crippen LogP contribution in [0.3, 0.4) is 0 Å². The van der Waals surface area contributed by atoms with Gasteiger partial charge in [0.05, 0.1) is 19.3 Å². The second-order valence-corrected chi connectivity index (χ2v) is 6.67. The molecule has 0 radical (unpaired) electrons. The summed E-state index contributed by atoms with van der Waals surface area (Å²) in [6.45, 7) is 10.1. The molecule has 0 aromatic heterocycles. The number of ether oxygens (including phenoxy) is 2. The molecule has 1 aliphatic carbocycles. The number of guanidine groups is 1. The van der Waals surface area contributed by atoms with Crippen molar-refractivity contribution in [3.63, 3.8) is 0 Å². The van der Waals surface area contributed by atoms with Gasteiger partial charge >= 0.3 is 0 Å². The van der Waals surface area contributed by atoms with Crippen molar-refractivity contribution in [3.05, 3.63) is 0 Å². The average molecular weight is 326 g/mol. The second-order valence-electron chi connectivity index (χ2n) is 6.67. The topological polar surface area (TPSA) is 72.1 Å². The van der Waals surface area contributed by atoms with Crippen LogP contribution in [0.4, 0.5) is 0 Å². The molecule has 6 nitrogen and oxygen atoms in total. The Bertz CT molecular complexity index is 379. The van der Waals surface area contributed by atoms with Crippen molar-refractivity contribution in [1.82, 2.24) is 10.2 Å². The third-order valence-electron chi connectivity index (χ3n) is 5.73. The van der Waals surface area contributed by atoms with E-state index in [0.29, 0.717) is 18.1 Å². The van der Waals surface area contributed by atoms with E-state index in [0.717, 1.165) is 65.1 Å². The highest BCUT2D eigenvalue weighted by atomic mass is 16.5. The molecule has 0 aromatic rings. The molecule has 23 heavy (non-hydrogen) atoms. The minimum absolute atomic E-state index is 0.197. The first-order chi connectivity index (χ1) is 11.2. The van der Waals surface area contributed by atoms with Crippen LogP contribution in [0.25, 0.3) is 0 Å². The third kappa shape index (κ3) is 4.37. The van der Waals surface area contributed by atoms with Crippen LogP contribution in [0.15, 0.2) is 4.99 Å². The summed E-state index contributed by atoms with van der Waals surface area (Å²) in [5.41, 5.74) is 6.28. The quantitative estimate of drug-likeness (QED) is 0.398. The maximum absolute atomic E-state index is 6.09. The molecular weight excluding hydrogens is 292 g/mol. The van der Waals surface area contributed by atoms with Crippen LogP contribution >= 0.6 is 0 Å². The highest BCUT2D eigenvalue weighted by Crippen LogP contribution is 2.48. The summed E-state index contributed by atoms with van der Waals surface area (Å²) in [4.78, 5) is 6.93. The molecule has 6 heteroatoms. The Hall–Kier alpha value is -0.850. The standard InChI is InChI=1S/C17H34N4O2/c1-4-17(5-2)14(13-15(17)22-3)20-16(18)19-7-6-8-21-9-11-23-12-10-21/h14-15H,4-13H2,1-3H3,(H3,18,19,20). The third-order valence-corrected chi connectivity index (χ3v) is 5.73. The van der Waals surface area contributed by atoms with E-state index in [-0.39, 0.29) is 5.41 Å². The molecule has 3 N–H and O–H groups in total. The second kappa shape index (κ2) is 8.85. The predicted octanol–water partition coefficient (Wildman–Crippen LogP) is 1.21. The van der Waals surface area contributed by atoms with Crippen LogP contribution in [0.2, 0.25) is 0 Å². The van der Waals surface area contributed by atoms with Gasteiger partial charge < -0.3 is 20.5 Å². The van der Waals surface area contributed by atoms with E-state index in [4.69, 9.17) is 15.2 Å². The fraction of sp³-hybridized carbons (Fsp3) is 0.941. The van der Waals surface area contributed by atoms with Gasteiger partial charge in [-0.3, -0.25) is 9.89 Å². The molecule has 0 bridgehead atoms. The number of nitrogens with one attached hydrogen (secondary N) is 1. The molecule has 1 aliphatic heterocycles. The van der Waals surface area contributed by atoms with Crippen molar-refractivity contribution >= 4 is 5.96 Å². The number of rotatable bonds is 8. The molecule has 2 fully saturated rings. The number of hydrogen-bond donors (Lipinski definition) is 2. The van der Waals surface area contributed by atoms with Gasteiger partial charge in [0.25, 0.3) is 0 Å². The summed E-state index contributed by atoms with van der Waals surface area (Å²) in [7, 11) is 1.81. The molecule has 2 unspecified atom stereocenters. The normalized spacial score (nSPS) is 28.4. The zero-order chi connectivity index (χ0) is 16.7. The van der Waals surface area contributed by atoms with E-state index in [1.54, 1.807) is 0 Å². The van der Waals surface area contributed by atoms with E-state index in [9.17, 15) is 0 Å². The van der Waals surface area contributed by atoms with Crippen LogP contribution in [-0.2, 0) is 9.47 Å². The minimum atomic E-state index is 0.197. The zero-order valence-electron chi connectivity index (χ0n) is 15.0. The average Bonchev–Trinajstić information content (AvgIpc) is 2.57. The predicted molar refractivity (Wildman–Crippen MR) is 93.7 cm³/mol. The summed E-state index contributed by atoms with van der Waals surface area (Å²) in [6, 6.07) is 0.380. The van der Waals surface area contributed by atoms with Gasteiger partial charge in [-0.15, -0.1) is 0 Å². The summed E-state index contributed by atoms with van der Waals surface area (Å²) in [6.07, 6.45) is 4.60. The van der Waals surface area contributed by atoms with Gasteiger partial charge in [0.1, 0.15) is 0 Å². The first-order valence-corrected chi connectivity index (χ1v) is 9.05. The molecule has 1 saturated carbocycles. The lowest BCUT2D eigenvalue weighted by atomic mass is 9.58. The molecule has 0 amide bonds. The molecule has 2 atom stereocenters. The number of methoxy groups -OCH3 is 1. The summed E-state index contributed by atoms with van der Waals surface area (Å²) < 4.78 is 11.0. The maximum Gasteiger partial charge on any atom is 0.188 e. The van der Waals surface area contributed by atoms with Crippen molar-refractivity contribution in [2.75, 3.05) is 46.5 Å². The van der Waals surface area contributed by atoms with E-state index < -0.39 is 0 Å². The highest BCUT2D eigenvalue weighted by molar-refractivity contribution is 5.78. The largest absolute Gasteiger partial charge is 0.381 e. The van der Waals surface area contributed by atoms with Gasteiger partial charge in [-0.05, 0) is 25.7 Å².